The van der Waals surface area contributed by atoms with E-state index in [-0.39, 0.29) is 17.3 Å². The summed E-state index contributed by atoms with van der Waals surface area (Å²) in [5.41, 5.74) is 1.23. The molecule has 0 fully saturated rings. The van der Waals surface area contributed by atoms with Gasteiger partial charge in [0.2, 0.25) is 0 Å². The summed E-state index contributed by atoms with van der Waals surface area (Å²) in [7, 11) is 1.57. The molecule has 6 nitrogen and oxygen atoms in total. The number of hydrogen-bond donors (Lipinski definition) is 1. The Bertz CT molecular complexity index is 900. The van der Waals surface area contributed by atoms with Crippen molar-refractivity contribution < 1.29 is 9.13 Å². The molecule has 2 aromatic heterocycles. The zero-order chi connectivity index (χ0) is 18.2. The van der Waals surface area contributed by atoms with Crippen LogP contribution in [0.5, 0.6) is 5.75 Å². The molecule has 1 aromatic carbocycles. The second kappa shape index (κ2) is 6.31. The predicted octanol–water partition coefficient (Wildman–Crippen LogP) is 3.74. The highest BCUT2D eigenvalue weighted by molar-refractivity contribution is 5.47. The van der Waals surface area contributed by atoms with Gasteiger partial charge in [-0.3, -0.25) is 0 Å². The first-order valence-corrected chi connectivity index (χ1v) is 8.12. The van der Waals surface area contributed by atoms with Crippen LogP contribution in [-0.4, -0.2) is 26.9 Å². The summed E-state index contributed by atoms with van der Waals surface area (Å²) >= 11 is 0. The Morgan fingerprint density at radius 2 is 1.92 bits per heavy atom. The van der Waals surface area contributed by atoms with Crippen LogP contribution in [-0.2, 0) is 5.41 Å². The van der Waals surface area contributed by atoms with Crippen molar-refractivity contribution in [2.45, 2.75) is 39.2 Å². The number of benzene rings is 1. The highest BCUT2D eigenvalue weighted by Gasteiger charge is 2.22. The van der Waals surface area contributed by atoms with Crippen molar-refractivity contribution in [2.75, 3.05) is 12.4 Å². The molecule has 0 amide bonds. The lowest BCUT2D eigenvalue weighted by Gasteiger charge is -2.19. The van der Waals surface area contributed by atoms with Crippen molar-refractivity contribution in [1.82, 2.24) is 19.8 Å². The molecule has 0 aliphatic rings. The van der Waals surface area contributed by atoms with Gasteiger partial charge in [0.25, 0.3) is 0 Å². The molecule has 1 atom stereocenters. The maximum Gasteiger partial charge on any atom is 0.178 e. The Labute approximate surface area is 146 Å². The van der Waals surface area contributed by atoms with Crippen LogP contribution < -0.4 is 10.1 Å². The van der Waals surface area contributed by atoms with Gasteiger partial charge in [-0.25, -0.2) is 4.39 Å². The predicted molar refractivity (Wildman–Crippen MR) is 94.5 cm³/mol. The number of aromatic nitrogens is 4. The maximum atomic E-state index is 13.6. The van der Waals surface area contributed by atoms with E-state index < -0.39 is 0 Å². The Morgan fingerprint density at radius 1 is 1.16 bits per heavy atom. The first-order chi connectivity index (χ1) is 11.8. The zero-order valence-corrected chi connectivity index (χ0v) is 15.0. The molecule has 7 heteroatoms. The fraction of sp³-hybridized carbons (Fsp3) is 0.389. The lowest BCUT2D eigenvalue weighted by molar-refractivity contribution is 0.406. The summed E-state index contributed by atoms with van der Waals surface area (Å²) in [5, 5.41) is 16.3. The minimum absolute atomic E-state index is 0.178. The van der Waals surface area contributed by atoms with Crippen LogP contribution in [0.2, 0.25) is 0 Å². The number of halogens is 1. The van der Waals surface area contributed by atoms with E-state index in [1.165, 1.54) is 12.1 Å². The molecule has 3 rings (SSSR count). The second-order valence-corrected chi connectivity index (χ2v) is 7.01. The molecule has 3 aromatic rings. The smallest absolute Gasteiger partial charge is 0.178 e. The molecular weight excluding hydrogens is 321 g/mol. The number of rotatable bonds is 4. The lowest BCUT2D eigenvalue weighted by Crippen LogP contribution is -2.18. The van der Waals surface area contributed by atoms with Gasteiger partial charge in [0.05, 0.1) is 13.2 Å². The summed E-state index contributed by atoms with van der Waals surface area (Å²) in [6, 6.07) is 7.97. The van der Waals surface area contributed by atoms with E-state index in [0.717, 1.165) is 11.4 Å². The largest absolute Gasteiger partial charge is 0.496 e. The van der Waals surface area contributed by atoms with Crippen LogP contribution in [0.25, 0.3) is 5.65 Å². The molecule has 2 heterocycles. The quantitative estimate of drug-likeness (QED) is 0.782. The summed E-state index contributed by atoms with van der Waals surface area (Å²) < 4.78 is 20.7. The Hall–Kier alpha value is -2.70. The number of fused-ring (bicyclic) bond motifs is 1. The van der Waals surface area contributed by atoms with Crippen molar-refractivity contribution >= 4 is 11.5 Å². The molecule has 0 aliphatic heterocycles. The van der Waals surface area contributed by atoms with Gasteiger partial charge in [-0.1, -0.05) is 20.8 Å². The Kier molecular flexibility index (Phi) is 4.32. The van der Waals surface area contributed by atoms with Gasteiger partial charge in [-0.05, 0) is 37.3 Å². The first-order valence-electron chi connectivity index (χ1n) is 8.12. The van der Waals surface area contributed by atoms with Crippen LogP contribution in [0.4, 0.5) is 10.2 Å². The topological polar surface area (TPSA) is 64.3 Å². The standard InChI is InChI=1S/C18H22FN5O/c1-11(13-10-12(19)6-7-14(13)25-5)20-15-8-9-16-21-22-17(18(2,3)4)24(16)23-15/h6-11H,1-5H3,(H,20,23). The summed E-state index contributed by atoms with van der Waals surface area (Å²) in [4.78, 5) is 0. The molecule has 1 N–H and O–H groups in total. The third kappa shape index (κ3) is 3.40. The van der Waals surface area contributed by atoms with E-state index in [1.54, 1.807) is 17.7 Å². The van der Waals surface area contributed by atoms with Crippen molar-refractivity contribution in [1.29, 1.82) is 0 Å². The van der Waals surface area contributed by atoms with Gasteiger partial charge in [0.15, 0.2) is 11.5 Å². The number of hydrogen-bond acceptors (Lipinski definition) is 5. The van der Waals surface area contributed by atoms with E-state index in [2.05, 4.69) is 41.4 Å². The number of anilines is 1. The fourth-order valence-corrected chi connectivity index (χ4v) is 2.68. The minimum atomic E-state index is -0.304. The Morgan fingerprint density at radius 3 is 2.60 bits per heavy atom. The molecular formula is C18H22FN5O. The third-order valence-corrected chi connectivity index (χ3v) is 3.96. The molecule has 0 saturated heterocycles. The Balaban J connectivity index is 1.94. The van der Waals surface area contributed by atoms with Crippen LogP contribution in [0.3, 0.4) is 0 Å². The molecule has 0 radical (unpaired) electrons. The molecule has 1 unspecified atom stereocenters. The average molecular weight is 343 g/mol. The third-order valence-electron chi connectivity index (χ3n) is 3.96. The van der Waals surface area contributed by atoms with Crippen molar-refractivity contribution in [3.63, 3.8) is 0 Å². The highest BCUT2D eigenvalue weighted by atomic mass is 19.1. The van der Waals surface area contributed by atoms with E-state index in [4.69, 9.17) is 4.74 Å². The van der Waals surface area contributed by atoms with Crippen molar-refractivity contribution in [3.8, 4) is 5.75 Å². The van der Waals surface area contributed by atoms with E-state index in [0.29, 0.717) is 17.2 Å². The molecule has 0 spiro atoms. The highest BCUT2D eigenvalue weighted by Crippen LogP contribution is 2.28. The van der Waals surface area contributed by atoms with Gasteiger partial charge in [-0.2, -0.15) is 4.52 Å². The van der Waals surface area contributed by atoms with E-state index in [1.807, 2.05) is 19.1 Å². The van der Waals surface area contributed by atoms with Gasteiger partial charge in [0, 0.05) is 11.0 Å². The first kappa shape index (κ1) is 17.1. The normalized spacial score (nSPS) is 13.0. The zero-order valence-electron chi connectivity index (χ0n) is 15.0. The van der Waals surface area contributed by atoms with Crippen LogP contribution in [0.15, 0.2) is 30.3 Å². The van der Waals surface area contributed by atoms with Crippen molar-refractivity contribution in [3.05, 3.63) is 47.5 Å². The fourth-order valence-electron chi connectivity index (χ4n) is 2.68. The minimum Gasteiger partial charge on any atom is -0.496 e. The molecule has 132 valence electrons. The van der Waals surface area contributed by atoms with Gasteiger partial charge < -0.3 is 10.1 Å². The van der Waals surface area contributed by atoms with E-state index in [9.17, 15) is 4.39 Å². The molecule has 0 saturated carbocycles. The maximum absolute atomic E-state index is 13.6. The SMILES string of the molecule is COc1ccc(F)cc1C(C)Nc1ccc2nnc(C(C)(C)C)n2n1. The number of ether oxygens (including phenoxy) is 1. The van der Waals surface area contributed by atoms with E-state index >= 15 is 0 Å². The molecule has 25 heavy (non-hydrogen) atoms. The lowest BCUT2D eigenvalue weighted by atomic mass is 9.96. The second-order valence-electron chi connectivity index (χ2n) is 7.01. The molecule has 0 bridgehead atoms. The number of nitrogens with zero attached hydrogens (tertiary/aromatic N) is 4. The van der Waals surface area contributed by atoms with Crippen LogP contribution in [0, 0.1) is 5.82 Å². The summed E-state index contributed by atoms with van der Waals surface area (Å²) in [6.45, 7) is 8.11. The van der Waals surface area contributed by atoms with Gasteiger partial charge in [0.1, 0.15) is 17.4 Å². The van der Waals surface area contributed by atoms with Crippen molar-refractivity contribution in [2.24, 2.45) is 0 Å². The van der Waals surface area contributed by atoms with Gasteiger partial charge in [-0.15, -0.1) is 15.3 Å². The van der Waals surface area contributed by atoms with Crippen LogP contribution >= 0.6 is 0 Å². The van der Waals surface area contributed by atoms with Crippen LogP contribution in [0.1, 0.15) is 45.1 Å². The molecule has 0 aliphatic carbocycles. The monoisotopic (exact) mass is 343 g/mol. The summed E-state index contributed by atoms with van der Waals surface area (Å²) in [5.74, 6) is 1.75. The number of methoxy groups -OCH3 is 1. The summed E-state index contributed by atoms with van der Waals surface area (Å²) in [6.07, 6.45) is 0. The van der Waals surface area contributed by atoms with Gasteiger partial charge >= 0.3 is 0 Å². The number of nitrogens with one attached hydrogen (secondary N) is 1. The average Bonchev–Trinajstić information content (AvgIpc) is 2.98.